The molecule has 1 N–H and O–H groups in total. The van der Waals surface area contributed by atoms with Crippen molar-refractivity contribution in [2.45, 2.75) is 39.2 Å². The molecule has 0 aromatic heterocycles. The smallest absolute Gasteiger partial charge is 0.119 e. The van der Waals surface area contributed by atoms with Crippen LogP contribution in [0.4, 0.5) is 0 Å². The lowest BCUT2D eigenvalue weighted by Crippen LogP contribution is -2.22. The lowest BCUT2D eigenvalue weighted by molar-refractivity contribution is 0.0497. The van der Waals surface area contributed by atoms with E-state index in [0.29, 0.717) is 12.0 Å². The third-order valence-electron chi connectivity index (χ3n) is 3.95. The second-order valence-corrected chi connectivity index (χ2v) is 5.46. The van der Waals surface area contributed by atoms with Gasteiger partial charge in [-0.05, 0) is 49.4 Å². The molecular weight excluding hydrogens is 250 g/mol. The first-order chi connectivity index (χ1) is 9.83. The zero-order valence-electron chi connectivity index (χ0n) is 12.7. The Morgan fingerprint density at radius 1 is 1.30 bits per heavy atom. The molecule has 1 aromatic carbocycles. The largest absolute Gasteiger partial charge is 0.493 e. The summed E-state index contributed by atoms with van der Waals surface area (Å²) in [7, 11) is 0. The van der Waals surface area contributed by atoms with Gasteiger partial charge in [0, 0.05) is 19.3 Å². The van der Waals surface area contributed by atoms with Gasteiger partial charge >= 0.3 is 0 Å². The van der Waals surface area contributed by atoms with Gasteiger partial charge in [-0.1, -0.05) is 26.0 Å². The molecule has 3 nitrogen and oxygen atoms in total. The van der Waals surface area contributed by atoms with Crippen molar-refractivity contribution in [2.75, 3.05) is 26.4 Å². The van der Waals surface area contributed by atoms with E-state index in [4.69, 9.17) is 9.47 Å². The summed E-state index contributed by atoms with van der Waals surface area (Å²) in [5, 5.41) is 3.51. The molecule has 1 aliphatic heterocycles. The summed E-state index contributed by atoms with van der Waals surface area (Å²) in [4.78, 5) is 0. The Kier molecular flexibility index (Phi) is 6.34. The maximum atomic E-state index is 5.98. The summed E-state index contributed by atoms with van der Waals surface area (Å²) in [5.41, 5.74) is 1.32. The van der Waals surface area contributed by atoms with Gasteiger partial charge in [-0.2, -0.15) is 0 Å². The first-order valence-corrected chi connectivity index (χ1v) is 7.87. The van der Waals surface area contributed by atoms with E-state index in [9.17, 15) is 0 Å². The van der Waals surface area contributed by atoms with E-state index in [-0.39, 0.29) is 0 Å². The minimum atomic E-state index is 0.423. The number of benzene rings is 1. The van der Waals surface area contributed by atoms with E-state index in [2.05, 4.69) is 43.4 Å². The van der Waals surface area contributed by atoms with Crippen LogP contribution in [0.15, 0.2) is 24.3 Å². The Labute approximate surface area is 122 Å². The number of hydrogen-bond acceptors (Lipinski definition) is 3. The Balaban J connectivity index is 1.91. The van der Waals surface area contributed by atoms with Crippen molar-refractivity contribution in [1.29, 1.82) is 0 Å². The molecule has 2 rings (SSSR count). The average Bonchev–Trinajstić information content (AvgIpc) is 2.52. The van der Waals surface area contributed by atoms with Crippen molar-refractivity contribution in [3.8, 4) is 5.75 Å². The third kappa shape index (κ3) is 4.50. The highest BCUT2D eigenvalue weighted by Gasteiger charge is 2.15. The van der Waals surface area contributed by atoms with Crippen molar-refractivity contribution in [2.24, 2.45) is 5.92 Å². The molecule has 112 valence electrons. The molecule has 20 heavy (non-hydrogen) atoms. The zero-order chi connectivity index (χ0) is 14.2. The molecule has 3 heteroatoms. The van der Waals surface area contributed by atoms with Gasteiger partial charge in [-0.15, -0.1) is 0 Å². The van der Waals surface area contributed by atoms with E-state index in [1.165, 1.54) is 5.56 Å². The summed E-state index contributed by atoms with van der Waals surface area (Å²) in [5.74, 6) is 1.63. The van der Waals surface area contributed by atoms with Gasteiger partial charge in [-0.3, -0.25) is 0 Å². The Bertz CT molecular complexity index is 388. The standard InChI is InChI=1S/C17H27NO2/c1-3-17(18-4-2)15-6-5-7-16(12-15)20-13-14-8-10-19-11-9-14/h5-7,12,14,17-18H,3-4,8-11,13H2,1-2H3. The van der Waals surface area contributed by atoms with Crippen LogP contribution in [-0.2, 0) is 4.74 Å². The fraction of sp³-hybridized carbons (Fsp3) is 0.647. The maximum absolute atomic E-state index is 5.98. The van der Waals surface area contributed by atoms with Crippen LogP contribution < -0.4 is 10.1 Å². The van der Waals surface area contributed by atoms with Crippen LogP contribution in [0.1, 0.15) is 44.7 Å². The molecule has 0 radical (unpaired) electrons. The monoisotopic (exact) mass is 277 g/mol. The van der Waals surface area contributed by atoms with E-state index >= 15 is 0 Å². The molecule has 0 saturated carbocycles. The van der Waals surface area contributed by atoms with Crippen molar-refractivity contribution >= 4 is 0 Å². The highest BCUT2D eigenvalue weighted by Crippen LogP contribution is 2.23. The topological polar surface area (TPSA) is 30.5 Å². The molecule has 0 spiro atoms. The fourth-order valence-corrected chi connectivity index (χ4v) is 2.69. The predicted octanol–water partition coefficient (Wildman–Crippen LogP) is 3.55. The van der Waals surface area contributed by atoms with E-state index in [1.807, 2.05) is 0 Å². The van der Waals surface area contributed by atoms with Crippen LogP contribution >= 0.6 is 0 Å². The summed E-state index contributed by atoms with van der Waals surface area (Å²) in [6, 6.07) is 8.93. The van der Waals surface area contributed by atoms with E-state index in [1.54, 1.807) is 0 Å². The van der Waals surface area contributed by atoms with Crippen LogP contribution in [-0.4, -0.2) is 26.4 Å². The number of ether oxygens (including phenoxy) is 2. The van der Waals surface area contributed by atoms with Crippen LogP contribution in [0.2, 0.25) is 0 Å². The Hall–Kier alpha value is -1.06. The number of hydrogen-bond donors (Lipinski definition) is 1. The zero-order valence-corrected chi connectivity index (χ0v) is 12.7. The second kappa shape index (κ2) is 8.28. The predicted molar refractivity (Wildman–Crippen MR) is 82.2 cm³/mol. The minimum absolute atomic E-state index is 0.423. The van der Waals surface area contributed by atoms with Crippen molar-refractivity contribution in [3.63, 3.8) is 0 Å². The molecule has 1 saturated heterocycles. The number of rotatable bonds is 7. The first-order valence-electron chi connectivity index (χ1n) is 7.87. The molecule has 0 bridgehead atoms. The van der Waals surface area contributed by atoms with Crippen LogP contribution in [0.3, 0.4) is 0 Å². The summed E-state index contributed by atoms with van der Waals surface area (Å²) in [6.45, 7) is 7.92. The molecule has 1 fully saturated rings. The van der Waals surface area contributed by atoms with E-state index < -0.39 is 0 Å². The average molecular weight is 277 g/mol. The molecule has 1 heterocycles. The SMILES string of the molecule is CCNC(CC)c1cccc(OCC2CCOCC2)c1. The van der Waals surface area contributed by atoms with Crippen molar-refractivity contribution < 1.29 is 9.47 Å². The molecule has 1 atom stereocenters. The Morgan fingerprint density at radius 3 is 2.80 bits per heavy atom. The van der Waals surface area contributed by atoms with Crippen molar-refractivity contribution in [1.82, 2.24) is 5.32 Å². The lowest BCUT2D eigenvalue weighted by Gasteiger charge is -2.22. The van der Waals surface area contributed by atoms with Crippen LogP contribution in [0.5, 0.6) is 5.75 Å². The van der Waals surface area contributed by atoms with Gasteiger partial charge in [0.1, 0.15) is 5.75 Å². The van der Waals surface area contributed by atoms with Gasteiger partial charge in [0.15, 0.2) is 0 Å². The molecule has 1 unspecified atom stereocenters. The molecule has 0 amide bonds. The van der Waals surface area contributed by atoms with Crippen molar-refractivity contribution in [3.05, 3.63) is 29.8 Å². The molecule has 1 aliphatic rings. The van der Waals surface area contributed by atoms with Crippen LogP contribution in [0, 0.1) is 5.92 Å². The van der Waals surface area contributed by atoms with Gasteiger partial charge in [0.2, 0.25) is 0 Å². The Morgan fingerprint density at radius 2 is 2.10 bits per heavy atom. The van der Waals surface area contributed by atoms with Gasteiger partial charge in [0.25, 0.3) is 0 Å². The highest BCUT2D eigenvalue weighted by molar-refractivity contribution is 5.30. The summed E-state index contributed by atoms with van der Waals surface area (Å²) < 4.78 is 11.4. The van der Waals surface area contributed by atoms with Crippen LogP contribution in [0.25, 0.3) is 0 Å². The summed E-state index contributed by atoms with van der Waals surface area (Å²) in [6.07, 6.45) is 3.33. The third-order valence-corrected chi connectivity index (χ3v) is 3.95. The summed E-state index contributed by atoms with van der Waals surface area (Å²) >= 11 is 0. The minimum Gasteiger partial charge on any atom is -0.493 e. The quantitative estimate of drug-likeness (QED) is 0.826. The normalized spacial score (nSPS) is 17.9. The molecule has 1 aromatic rings. The second-order valence-electron chi connectivity index (χ2n) is 5.46. The maximum Gasteiger partial charge on any atom is 0.119 e. The number of nitrogens with one attached hydrogen (secondary N) is 1. The first kappa shape index (κ1) is 15.3. The molecular formula is C17H27NO2. The fourth-order valence-electron chi connectivity index (χ4n) is 2.69. The lowest BCUT2D eigenvalue weighted by atomic mass is 10.0. The molecule has 0 aliphatic carbocycles. The van der Waals surface area contributed by atoms with Gasteiger partial charge < -0.3 is 14.8 Å². The van der Waals surface area contributed by atoms with Gasteiger partial charge in [-0.25, -0.2) is 0 Å². The van der Waals surface area contributed by atoms with Gasteiger partial charge in [0.05, 0.1) is 6.61 Å². The van der Waals surface area contributed by atoms with E-state index in [0.717, 1.165) is 51.4 Å². The highest BCUT2D eigenvalue weighted by atomic mass is 16.5.